The lowest BCUT2D eigenvalue weighted by molar-refractivity contribution is -0.116. The van der Waals surface area contributed by atoms with Gasteiger partial charge >= 0.3 is 0 Å². The third-order valence-corrected chi connectivity index (χ3v) is 8.27. The third-order valence-electron chi connectivity index (χ3n) is 4.59. The first kappa shape index (κ1) is 24.0. The molecule has 1 aliphatic rings. The number of allylic oxidation sites excluding steroid dienone is 4. The van der Waals surface area contributed by atoms with E-state index in [-0.39, 0.29) is 11.6 Å². The molecule has 1 aliphatic heterocycles. The van der Waals surface area contributed by atoms with E-state index in [1.165, 1.54) is 21.5 Å². The molecular weight excluding hydrogens is 416 g/mol. The van der Waals surface area contributed by atoms with E-state index in [9.17, 15) is 9.59 Å². The number of thiophene rings is 1. The number of hydrogen-bond donors (Lipinski definition) is 0. The van der Waals surface area contributed by atoms with Crippen molar-refractivity contribution in [3.05, 3.63) is 57.2 Å². The number of hydrogen-bond acceptors (Lipinski definition) is 5. The summed E-state index contributed by atoms with van der Waals surface area (Å²) in [7, 11) is 0. The highest BCUT2D eigenvalue weighted by Gasteiger charge is 2.17. The van der Waals surface area contributed by atoms with Crippen molar-refractivity contribution in [1.82, 2.24) is 0 Å². The summed E-state index contributed by atoms with van der Waals surface area (Å²) < 4.78 is 0. The number of rotatable bonds is 12. The first-order valence-corrected chi connectivity index (χ1v) is 12.9. The van der Waals surface area contributed by atoms with E-state index in [1.807, 2.05) is 19.1 Å². The molecule has 0 N–H and O–H groups in total. The fraction of sp³-hybridized carbons (Fsp3) is 0.417. The van der Waals surface area contributed by atoms with Crippen LogP contribution in [0.1, 0.15) is 69.1 Å². The summed E-state index contributed by atoms with van der Waals surface area (Å²) in [5, 5.41) is 0. The Morgan fingerprint density at radius 1 is 1.14 bits per heavy atom. The molecule has 0 fully saturated rings. The molecule has 0 spiro atoms. The number of carbonyl (C=O) groups is 2. The molecule has 2 heterocycles. The lowest BCUT2D eigenvalue weighted by atomic mass is 10.1. The molecule has 0 bridgehead atoms. The predicted octanol–water partition coefficient (Wildman–Crippen LogP) is 7.89. The van der Waals surface area contributed by atoms with Crippen LogP contribution in [0.15, 0.2) is 47.4 Å². The Balaban J connectivity index is 2.05. The van der Waals surface area contributed by atoms with E-state index in [0.717, 1.165) is 46.8 Å². The van der Waals surface area contributed by atoms with Gasteiger partial charge in [0.2, 0.25) is 0 Å². The second-order valence-electron chi connectivity index (χ2n) is 6.91. The van der Waals surface area contributed by atoms with E-state index in [0.29, 0.717) is 17.7 Å². The monoisotopic (exact) mass is 446 g/mol. The van der Waals surface area contributed by atoms with Crippen molar-refractivity contribution in [2.75, 3.05) is 5.75 Å². The third kappa shape index (κ3) is 7.16. The summed E-state index contributed by atoms with van der Waals surface area (Å²) in [6, 6.07) is 4.24. The molecule has 1 aromatic rings. The van der Waals surface area contributed by atoms with Gasteiger partial charge in [0.1, 0.15) is 0 Å². The molecule has 0 saturated carbocycles. The van der Waals surface area contributed by atoms with Crippen molar-refractivity contribution in [3.63, 3.8) is 0 Å². The second kappa shape index (κ2) is 12.4. The van der Waals surface area contributed by atoms with Crippen LogP contribution in [0.2, 0.25) is 0 Å². The molecule has 0 unspecified atom stereocenters. The van der Waals surface area contributed by atoms with Crippen LogP contribution in [-0.4, -0.2) is 17.3 Å². The van der Waals surface area contributed by atoms with Gasteiger partial charge in [0.25, 0.3) is 0 Å². The van der Waals surface area contributed by atoms with Gasteiger partial charge in [-0.05, 0) is 38.0 Å². The summed E-state index contributed by atoms with van der Waals surface area (Å²) in [5.41, 5.74) is 0.926. The van der Waals surface area contributed by atoms with Gasteiger partial charge in [-0.3, -0.25) is 9.59 Å². The molecule has 0 amide bonds. The Kier molecular flexibility index (Phi) is 10.3. The van der Waals surface area contributed by atoms with E-state index < -0.39 is 0 Å². The largest absolute Gasteiger partial charge is 0.295 e. The van der Waals surface area contributed by atoms with Crippen molar-refractivity contribution in [1.29, 1.82) is 0 Å². The molecule has 156 valence electrons. The lowest BCUT2D eigenvalue weighted by Crippen LogP contribution is -2.06. The molecule has 0 aromatic carbocycles. The van der Waals surface area contributed by atoms with Crippen LogP contribution in [0, 0.1) is 0 Å². The van der Waals surface area contributed by atoms with Crippen LogP contribution < -0.4 is 0 Å². The van der Waals surface area contributed by atoms with Crippen LogP contribution in [-0.2, 0) is 9.59 Å². The average Bonchev–Trinajstić information content (AvgIpc) is 3.23. The first-order chi connectivity index (χ1) is 14.0. The summed E-state index contributed by atoms with van der Waals surface area (Å²) in [5.74, 6) is 1.17. The van der Waals surface area contributed by atoms with Gasteiger partial charge in [0.15, 0.2) is 11.6 Å². The van der Waals surface area contributed by atoms with Crippen molar-refractivity contribution < 1.29 is 9.59 Å². The quantitative estimate of drug-likeness (QED) is 0.306. The smallest absolute Gasteiger partial charge is 0.168 e. The minimum absolute atomic E-state index is 0.143. The lowest BCUT2D eigenvalue weighted by Gasteiger charge is -2.12. The topological polar surface area (TPSA) is 34.1 Å². The van der Waals surface area contributed by atoms with Crippen molar-refractivity contribution >= 4 is 56.2 Å². The van der Waals surface area contributed by atoms with Gasteiger partial charge < -0.3 is 0 Å². The second-order valence-corrected chi connectivity index (χ2v) is 10.1. The number of Topliss-reactive ketones (excluding diaryl/α,β-unsaturated/α-hetero) is 2. The van der Waals surface area contributed by atoms with E-state index in [4.69, 9.17) is 0 Å². The van der Waals surface area contributed by atoms with Crippen LogP contribution in [0.3, 0.4) is 0 Å². The number of ketones is 2. The Morgan fingerprint density at radius 2 is 1.86 bits per heavy atom. The summed E-state index contributed by atoms with van der Waals surface area (Å²) in [6.07, 6.45) is 11.3. The van der Waals surface area contributed by atoms with Crippen LogP contribution in [0.5, 0.6) is 0 Å². The zero-order valence-electron chi connectivity index (χ0n) is 17.6. The Hall–Kier alpha value is -1.30. The predicted molar refractivity (Wildman–Crippen MR) is 132 cm³/mol. The Bertz CT molecular complexity index is 840. The molecule has 0 radical (unpaired) electrons. The van der Waals surface area contributed by atoms with Crippen LogP contribution in [0.4, 0.5) is 0 Å². The van der Waals surface area contributed by atoms with Gasteiger partial charge in [0.05, 0.1) is 0 Å². The summed E-state index contributed by atoms with van der Waals surface area (Å²) >= 11 is 4.93. The zero-order valence-corrected chi connectivity index (χ0v) is 20.0. The fourth-order valence-electron chi connectivity index (χ4n) is 2.77. The highest BCUT2D eigenvalue weighted by molar-refractivity contribution is 8.12. The molecule has 0 saturated heterocycles. The molecule has 1 aromatic heterocycles. The molecule has 2 nitrogen and oxygen atoms in total. The summed E-state index contributed by atoms with van der Waals surface area (Å²) in [4.78, 5) is 29.6. The van der Waals surface area contributed by atoms with Gasteiger partial charge in [-0.2, -0.15) is 0 Å². The average molecular weight is 447 g/mol. The highest BCUT2D eigenvalue weighted by atomic mass is 32.2. The first-order valence-electron chi connectivity index (χ1n) is 10.2. The number of unbranched alkanes of at least 4 members (excludes halogenated alkanes) is 2. The maximum Gasteiger partial charge on any atom is 0.168 e. The SMILES string of the molecule is C=C(S/C(=C\C)c1ccc(C2=CC=C(C(=O)CCCC)CS2)s1)C(=O)CCCC. The van der Waals surface area contributed by atoms with Crippen molar-refractivity contribution in [2.45, 2.75) is 59.3 Å². The van der Waals surface area contributed by atoms with Crippen LogP contribution >= 0.6 is 34.9 Å². The normalized spacial score (nSPS) is 14.4. The number of thioether (sulfide) groups is 2. The van der Waals surface area contributed by atoms with Gasteiger partial charge in [-0.15, -0.1) is 23.1 Å². The summed E-state index contributed by atoms with van der Waals surface area (Å²) in [6.45, 7) is 10.2. The van der Waals surface area contributed by atoms with E-state index >= 15 is 0 Å². The number of carbonyl (C=O) groups excluding carboxylic acids is 2. The Labute approximate surface area is 187 Å². The minimum Gasteiger partial charge on any atom is -0.295 e. The maximum atomic E-state index is 12.2. The molecule has 29 heavy (non-hydrogen) atoms. The van der Waals surface area contributed by atoms with Crippen molar-refractivity contribution in [3.8, 4) is 0 Å². The van der Waals surface area contributed by atoms with Gasteiger partial charge in [-0.25, -0.2) is 0 Å². The Morgan fingerprint density at radius 3 is 2.48 bits per heavy atom. The van der Waals surface area contributed by atoms with Gasteiger partial charge in [-0.1, -0.05) is 57.2 Å². The highest BCUT2D eigenvalue weighted by Crippen LogP contribution is 2.42. The molecule has 0 aliphatic carbocycles. The van der Waals surface area contributed by atoms with E-state index in [2.05, 4.69) is 38.6 Å². The van der Waals surface area contributed by atoms with E-state index in [1.54, 1.807) is 23.1 Å². The van der Waals surface area contributed by atoms with Crippen LogP contribution in [0.25, 0.3) is 9.81 Å². The standard InChI is InChI=1S/C24H30O2S3/c1-5-8-10-19(25)17(4)28-21(7-3)23-14-15-24(29-23)22-13-12-18(16-27-22)20(26)11-9-6-2/h7,12-15H,4-6,8-11,16H2,1-3H3/b21-7-. The fourth-order valence-corrected chi connectivity index (χ4v) is 5.93. The zero-order chi connectivity index (χ0) is 21.2. The molecule has 5 heteroatoms. The molecule has 0 atom stereocenters. The molecular formula is C24H30O2S3. The van der Waals surface area contributed by atoms with Crippen molar-refractivity contribution in [2.24, 2.45) is 0 Å². The maximum absolute atomic E-state index is 12.2. The van der Waals surface area contributed by atoms with Gasteiger partial charge in [0, 0.05) is 48.6 Å². The molecule has 2 rings (SSSR count). The minimum atomic E-state index is 0.143.